The summed E-state index contributed by atoms with van der Waals surface area (Å²) in [5, 5.41) is 25.0. The van der Waals surface area contributed by atoms with Gasteiger partial charge < -0.3 is 5.32 Å². The molecule has 0 bridgehead atoms. The molecule has 0 saturated heterocycles. The minimum absolute atomic E-state index is 0.188. The van der Waals surface area contributed by atoms with Gasteiger partial charge in [0.25, 0.3) is 0 Å². The molecule has 2 aromatic rings. The van der Waals surface area contributed by atoms with E-state index in [-0.39, 0.29) is 6.04 Å². The van der Waals surface area contributed by atoms with Gasteiger partial charge in [-0.2, -0.15) is 15.5 Å². The minimum atomic E-state index is 0.188. The molecule has 2 aromatic heterocycles. The molecule has 0 radical (unpaired) electrons. The molecule has 3 heterocycles. The zero-order valence-corrected chi connectivity index (χ0v) is 11.5. The van der Waals surface area contributed by atoms with E-state index in [0.717, 1.165) is 36.5 Å². The largest absolute Gasteiger partial charge is 0.363 e. The highest BCUT2D eigenvalue weighted by Gasteiger charge is 2.21. The van der Waals surface area contributed by atoms with Crippen molar-refractivity contribution in [2.24, 2.45) is 0 Å². The Morgan fingerprint density at radius 3 is 3.05 bits per heavy atom. The third kappa shape index (κ3) is 2.09. The van der Waals surface area contributed by atoms with Crippen LogP contribution in [0, 0.1) is 25.2 Å². The summed E-state index contributed by atoms with van der Waals surface area (Å²) in [5.41, 5.74) is 2.23. The molecular weight excluding hydrogens is 254 g/mol. The topological polar surface area (TPSA) is 92.3 Å². The second-order valence-electron chi connectivity index (χ2n) is 4.98. The van der Waals surface area contributed by atoms with Crippen LogP contribution in [0.15, 0.2) is 6.33 Å². The summed E-state index contributed by atoms with van der Waals surface area (Å²) >= 11 is 0. The Labute approximate surface area is 116 Å². The number of hydrogen-bond donors (Lipinski definition) is 1. The molecule has 0 amide bonds. The van der Waals surface area contributed by atoms with E-state index in [1.54, 1.807) is 6.33 Å². The van der Waals surface area contributed by atoms with Crippen molar-refractivity contribution >= 4 is 5.82 Å². The lowest BCUT2D eigenvalue weighted by Gasteiger charge is -2.24. The Morgan fingerprint density at radius 1 is 1.40 bits per heavy atom. The van der Waals surface area contributed by atoms with E-state index in [0.29, 0.717) is 11.4 Å². The maximum atomic E-state index is 9.29. The summed E-state index contributed by atoms with van der Waals surface area (Å²) in [7, 11) is 0. The number of rotatable bonds is 2. The van der Waals surface area contributed by atoms with Crippen molar-refractivity contribution in [3.8, 4) is 6.07 Å². The average molecular weight is 269 g/mol. The SMILES string of the molecule is Cc1nnc(N[C@H]2CCc3ncnn3C2)c(C#N)c1C. The van der Waals surface area contributed by atoms with Crippen LogP contribution in [0.25, 0.3) is 0 Å². The summed E-state index contributed by atoms with van der Waals surface area (Å²) in [4.78, 5) is 4.20. The van der Waals surface area contributed by atoms with Crippen molar-refractivity contribution in [2.45, 2.75) is 39.3 Å². The summed E-state index contributed by atoms with van der Waals surface area (Å²) in [6, 6.07) is 2.40. The number of nitriles is 1. The monoisotopic (exact) mass is 269 g/mol. The first kappa shape index (κ1) is 12.5. The molecule has 1 aliphatic rings. The van der Waals surface area contributed by atoms with Crippen LogP contribution in [0.3, 0.4) is 0 Å². The fourth-order valence-corrected chi connectivity index (χ4v) is 2.40. The van der Waals surface area contributed by atoms with Crippen LogP contribution in [0.2, 0.25) is 0 Å². The molecule has 0 saturated carbocycles. The average Bonchev–Trinajstić information content (AvgIpc) is 2.91. The van der Waals surface area contributed by atoms with Crippen molar-refractivity contribution in [1.82, 2.24) is 25.0 Å². The van der Waals surface area contributed by atoms with Gasteiger partial charge in [-0.1, -0.05) is 0 Å². The van der Waals surface area contributed by atoms with Crippen LogP contribution in [-0.4, -0.2) is 31.0 Å². The van der Waals surface area contributed by atoms with E-state index in [1.165, 1.54) is 0 Å². The predicted octanol–water partition coefficient (Wildman–Crippen LogP) is 0.984. The Kier molecular flexibility index (Phi) is 3.06. The summed E-state index contributed by atoms with van der Waals surface area (Å²) in [5.74, 6) is 1.57. The summed E-state index contributed by atoms with van der Waals surface area (Å²) in [6.07, 6.45) is 3.39. The predicted molar refractivity (Wildman–Crippen MR) is 72.0 cm³/mol. The number of nitrogens with zero attached hydrogens (tertiary/aromatic N) is 6. The zero-order chi connectivity index (χ0) is 14.1. The van der Waals surface area contributed by atoms with Crippen LogP contribution < -0.4 is 5.32 Å². The van der Waals surface area contributed by atoms with Crippen LogP contribution in [-0.2, 0) is 13.0 Å². The number of fused-ring (bicyclic) bond motifs is 1. The lowest BCUT2D eigenvalue weighted by Crippen LogP contribution is -2.32. The van der Waals surface area contributed by atoms with Crippen LogP contribution >= 0.6 is 0 Å². The Balaban J connectivity index is 1.83. The standard InChI is InChI=1S/C13H15N7/c1-8-9(2)18-19-13(11(8)5-14)17-10-3-4-12-15-7-16-20(12)6-10/h7,10H,3-4,6H2,1-2H3,(H,17,19)/t10-/m0/s1. The fourth-order valence-electron chi connectivity index (χ4n) is 2.40. The number of hydrogen-bond acceptors (Lipinski definition) is 6. The molecule has 1 aliphatic heterocycles. The third-order valence-electron chi connectivity index (χ3n) is 3.71. The van der Waals surface area contributed by atoms with E-state index < -0.39 is 0 Å². The van der Waals surface area contributed by atoms with Gasteiger partial charge in [0.1, 0.15) is 23.8 Å². The van der Waals surface area contributed by atoms with Gasteiger partial charge in [0, 0.05) is 12.5 Å². The van der Waals surface area contributed by atoms with E-state index in [9.17, 15) is 5.26 Å². The molecule has 7 nitrogen and oxygen atoms in total. The maximum Gasteiger partial charge on any atom is 0.167 e. The molecule has 7 heteroatoms. The van der Waals surface area contributed by atoms with Crippen LogP contribution in [0.5, 0.6) is 0 Å². The first-order chi connectivity index (χ1) is 9.69. The van der Waals surface area contributed by atoms with Crippen molar-refractivity contribution in [3.63, 3.8) is 0 Å². The number of aromatic nitrogens is 5. The van der Waals surface area contributed by atoms with Gasteiger partial charge in [-0.3, -0.25) is 0 Å². The lowest BCUT2D eigenvalue weighted by molar-refractivity contribution is 0.440. The van der Waals surface area contributed by atoms with Crippen LogP contribution in [0.4, 0.5) is 5.82 Å². The van der Waals surface area contributed by atoms with Gasteiger partial charge in [-0.05, 0) is 25.8 Å². The van der Waals surface area contributed by atoms with Crippen molar-refractivity contribution in [3.05, 3.63) is 29.0 Å². The normalized spacial score (nSPS) is 17.4. The second kappa shape index (κ2) is 4.89. The first-order valence-corrected chi connectivity index (χ1v) is 6.56. The molecule has 0 aliphatic carbocycles. The number of nitrogens with one attached hydrogen (secondary N) is 1. The Morgan fingerprint density at radius 2 is 2.25 bits per heavy atom. The molecule has 3 rings (SSSR count). The van der Waals surface area contributed by atoms with E-state index in [4.69, 9.17) is 0 Å². The summed E-state index contributed by atoms with van der Waals surface area (Å²) in [6.45, 7) is 4.48. The minimum Gasteiger partial charge on any atom is -0.363 e. The van der Waals surface area contributed by atoms with Crippen molar-refractivity contribution in [1.29, 1.82) is 5.26 Å². The van der Waals surface area contributed by atoms with Gasteiger partial charge in [0.05, 0.1) is 12.2 Å². The molecule has 0 aromatic carbocycles. The summed E-state index contributed by atoms with van der Waals surface area (Å²) < 4.78 is 1.89. The second-order valence-corrected chi connectivity index (χ2v) is 4.98. The Hall–Kier alpha value is -2.49. The van der Waals surface area contributed by atoms with Gasteiger partial charge in [0.15, 0.2) is 5.82 Å². The van der Waals surface area contributed by atoms with E-state index in [1.807, 2.05) is 18.5 Å². The molecule has 20 heavy (non-hydrogen) atoms. The molecule has 1 atom stereocenters. The van der Waals surface area contributed by atoms with Crippen molar-refractivity contribution in [2.75, 3.05) is 5.32 Å². The first-order valence-electron chi connectivity index (χ1n) is 6.56. The molecule has 0 spiro atoms. The molecule has 102 valence electrons. The van der Waals surface area contributed by atoms with Gasteiger partial charge in [-0.25, -0.2) is 9.67 Å². The Bertz CT molecular complexity index is 683. The smallest absolute Gasteiger partial charge is 0.167 e. The highest BCUT2D eigenvalue weighted by Crippen LogP contribution is 2.21. The number of anilines is 1. The third-order valence-corrected chi connectivity index (χ3v) is 3.71. The lowest BCUT2D eigenvalue weighted by atomic mass is 10.1. The molecule has 1 N–H and O–H groups in total. The van der Waals surface area contributed by atoms with E-state index in [2.05, 4.69) is 31.7 Å². The quantitative estimate of drug-likeness (QED) is 0.873. The highest BCUT2D eigenvalue weighted by atomic mass is 15.3. The molecule has 0 fully saturated rings. The van der Waals surface area contributed by atoms with Crippen molar-refractivity contribution < 1.29 is 0 Å². The highest BCUT2D eigenvalue weighted by molar-refractivity contribution is 5.56. The molecule has 0 unspecified atom stereocenters. The van der Waals surface area contributed by atoms with Gasteiger partial charge in [0.2, 0.25) is 0 Å². The zero-order valence-electron chi connectivity index (χ0n) is 11.5. The van der Waals surface area contributed by atoms with Crippen LogP contribution in [0.1, 0.15) is 29.1 Å². The number of aryl methyl sites for hydroxylation is 2. The maximum absolute atomic E-state index is 9.29. The van der Waals surface area contributed by atoms with Gasteiger partial charge in [-0.15, -0.1) is 5.10 Å². The van der Waals surface area contributed by atoms with Gasteiger partial charge >= 0.3 is 0 Å². The fraction of sp³-hybridized carbons (Fsp3) is 0.462. The van der Waals surface area contributed by atoms with E-state index >= 15 is 0 Å². The molecular formula is C13H15N7.